The number of carbonyl (C=O) groups excluding carboxylic acids is 2. The van der Waals surface area contributed by atoms with Gasteiger partial charge in [-0.15, -0.1) is 0 Å². The predicted molar refractivity (Wildman–Crippen MR) is 94.0 cm³/mol. The van der Waals surface area contributed by atoms with Gasteiger partial charge < -0.3 is 14.9 Å². The van der Waals surface area contributed by atoms with Crippen molar-refractivity contribution in [3.63, 3.8) is 0 Å². The molecule has 0 aromatic heterocycles. The molecule has 134 valence electrons. The summed E-state index contributed by atoms with van der Waals surface area (Å²) in [5.74, 6) is 0.436. The number of aliphatic hydroxyl groups is 1. The molecule has 0 spiro atoms. The normalized spacial score (nSPS) is 31.9. The highest BCUT2D eigenvalue weighted by molar-refractivity contribution is 5.98. The lowest BCUT2D eigenvalue weighted by Gasteiger charge is -2.34. The minimum atomic E-state index is -0.425. The Morgan fingerprint density at radius 1 is 1.04 bits per heavy atom. The molecule has 1 saturated carbocycles. The molecular formula is C20H26N2O3. The number of carbonyl (C=O) groups is 2. The van der Waals surface area contributed by atoms with Crippen molar-refractivity contribution in [2.75, 3.05) is 13.1 Å². The first-order valence-electron chi connectivity index (χ1n) is 9.49. The molecular weight excluding hydrogens is 316 g/mol. The summed E-state index contributed by atoms with van der Waals surface area (Å²) in [7, 11) is 0. The van der Waals surface area contributed by atoms with Crippen molar-refractivity contribution >= 4 is 11.8 Å². The minimum Gasteiger partial charge on any atom is -0.391 e. The summed E-state index contributed by atoms with van der Waals surface area (Å²) in [4.78, 5) is 29.9. The highest BCUT2D eigenvalue weighted by atomic mass is 16.3. The minimum absolute atomic E-state index is 0.0203. The van der Waals surface area contributed by atoms with E-state index in [2.05, 4.69) is 0 Å². The van der Waals surface area contributed by atoms with E-state index < -0.39 is 6.10 Å². The maximum absolute atomic E-state index is 13.2. The van der Waals surface area contributed by atoms with Gasteiger partial charge in [0.1, 0.15) is 6.04 Å². The summed E-state index contributed by atoms with van der Waals surface area (Å²) < 4.78 is 0. The lowest BCUT2D eigenvalue weighted by atomic mass is 9.84. The number of aliphatic hydroxyl groups excluding tert-OH is 1. The molecule has 1 aromatic rings. The van der Waals surface area contributed by atoms with Crippen LogP contribution in [0.3, 0.4) is 0 Å². The molecule has 5 nitrogen and oxygen atoms in total. The molecule has 4 rings (SSSR count). The average molecular weight is 342 g/mol. The van der Waals surface area contributed by atoms with Crippen molar-refractivity contribution < 1.29 is 14.7 Å². The second-order valence-corrected chi connectivity index (χ2v) is 7.67. The van der Waals surface area contributed by atoms with Gasteiger partial charge in [0.25, 0.3) is 5.91 Å². The van der Waals surface area contributed by atoms with Crippen LogP contribution in [0.25, 0.3) is 0 Å². The van der Waals surface area contributed by atoms with Crippen LogP contribution in [-0.4, -0.2) is 58.0 Å². The Morgan fingerprint density at radius 3 is 2.52 bits per heavy atom. The van der Waals surface area contributed by atoms with Crippen LogP contribution in [0.15, 0.2) is 30.3 Å². The van der Waals surface area contributed by atoms with E-state index in [4.69, 9.17) is 0 Å². The Morgan fingerprint density at radius 2 is 1.80 bits per heavy atom. The molecule has 2 saturated heterocycles. The van der Waals surface area contributed by atoms with Gasteiger partial charge in [-0.25, -0.2) is 0 Å². The van der Waals surface area contributed by atoms with Crippen molar-refractivity contribution in [2.45, 2.75) is 56.7 Å². The molecule has 1 aromatic carbocycles. The van der Waals surface area contributed by atoms with E-state index in [0.29, 0.717) is 31.0 Å². The fraction of sp³-hybridized carbons (Fsp3) is 0.600. The number of likely N-dealkylation sites (tertiary alicyclic amines) is 2. The molecule has 2 heterocycles. The summed E-state index contributed by atoms with van der Waals surface area (Å²) in [6, 6.07) is 9.12. The summed E-state index contributed by atoms with van der Waals surface area (Å²) in [5, 5.41) is 9.78. The molecule has 1 N–H and O–H groups in total. The second kappa shape index (κ2) is 6.79. The average Bonchev–Trinajstić information content (AvgIpc) is 3.25. The monoisotopic (exact) mass is 342 g/mol. The lowest BCUT2D eigenvalue weighted by Crippen LogP contribution is -2.50. The molecule has 25 heavy (non-hydrogen) atoms. The van der Waals surface area contributed by atoms with E-state index in [-0.39, 0.29) is 23.9 Å². The smallest absolute Gasteiger partial charge is 0.254 e. The number of benzene rings is 1. The zero-order chi connectivity index (χ0) is 17.4. The molecule has 4 atom stereocenters. The van der Waals surface area contributed by atoms with Gasteiger partial charge in [0.15, 0.2) is 0 Å². The molecule has 1 aliphatic carbocycles. The molecule has 0 radical (unpaired) electrons. The summed E-state index contributed by atoms with van der Waals surface area (Å²) in [6.45, 7) is 0.997. The van der Waals surface area contributed by atoms with Crippen molar-refractivity contribution in [1.29, 1.82) is 0 Å². The fourth-order valence-electron chi connectivity index (χ4n) is 4.86. The van der Waals surface area contributed by atoms with E-state index in [1.807, 2.05) is 35.2 Å². The molecule has 3 aliphatic rings. The van der Waals surface area contributed by atoms with Crippen molar-refractivity contribution in [1.82, 2.24) is 9.80 Å². The standard InChI is InChI=1S/C20H26N2O3/c23-16-10-11-21(13-16)20(25)18-12-15-8-4-5-9-17(15)22(18)19(24)14-6-2-1-3-7-14/h1-3,6-7,15-18,23H,4-5,8-13H2/t15-,16-,17-,18+/m1/s1. The predicted octanol–water partition coefficient (Wildman–Crippen LogP) is 2.05. The molecule has 2 aliphatic heterocycles. The number of rotatable bonds is 2. The Labute approximate surface area is 148 Å². The van der Waals surface area contributed by atoms with Crippen LogP contribution >= 0.6 is 0 Å². The molecule has 2 amide bonds. The van der Waals surface area contributed by atoms with Crippen molar-refractivity contribution in [3.8, 4) is 0 Å². The molecule has 5 heteroatoms. The maximum Gasteiger partial charge on any atom is 0.254 e. The number of β-amino-alcohol motifs (C(OH)–C–C–N with tert-alkyl or cyclic N) is 1. The first-order valence-corrected chi connectivity index (χ1v) is 9.49. The summed E-state index contributed by atoms with van der Waals surface area (Å²) in [6.07, 6.45) is 5.41. The first-order chi connectivity index (χ1) is 12.1. The quantitative estimate of drug-likeness (QED) is 0.895. The van der Waals surface area contributed by atoms with Crippen LogP contribution < -0.4 is 0 Å². The van der Waals surface area contributed by atoms with Gasteiger partial charge in [0.2, 0.25) is 5.91 Å². The zero-order valence-corrected chi connectivity index (χ0v) is 14.5. The maximum atomic E-state index is 13.2. The Kier molecular flexibility index (Phi) is 4.50. The topological polar surface area (TPSA) is 60.9 Å². The van der Waals surface area contributed by atoms with Gasteiger partial charge in [-0.3, -0.25) is 9.59 Å². The van der Waals surface area contributed by atoms with Crippen LogP contribution in [0.1, 0.15) is 48.9 Å². The van der Waals surface area contributed by atoms with E-state index in [0.717, 1.165) is 25.7 Å². The third-order valence-electron chi connectivity index (χ3n) is 6.10. The first kappa shape index (κ1) is 16.6. The molecule has 0 bridgehead atoms. The van der Waals surface area contributed by atoms with Crippen molar-refractivity contribution in [2.24, 2.45) is 5.92 Å². The van der Waals surface area contributed by atoms with Crippen molar-refractivity contribution in [3.05, 3.63) is 35.9 Å². The van der Waals surface area contributed by atoms with Gasteiger partial charge in [-0.05, 0) is 43.7 Å². The zero-order valence-electron chi connectivity index (χ0n) is 14.5. The molecule has 0 unspecified atom stereocenters. The number of hydrogen-bond donors (Lipinski definition) is 1. The van der Waals surface area contributed by atoms with Crippen LogP contribution in [0.2, 0.25) is 0 Å². The number of fused-ring (bicyclic) bond motifs is 1. The Bertz CT molecular complexity index is 648. The van der Waals surface area contributed by atoms with Crippen LogP contribution in [-0.2, 0) is 4.79 Å². The number of nitrogens with zero attached hydrogens (tertiary/aromatic N) is 2. The summed E-state index contributed by atoms with van der Waals surface area (Å²) >= 11 is 0. The molecule has 3 fully saturated rings. The van der Waals surface area contributed by atoms with Gasteiger partial charge in [-0.1, -0.05) is 31.0 Å². The van der Waals surface area contributed by atoms with Gasteiger partial charge in [0, 0.05) is 24.7 Å². The van der Waals surface area contributed by atoms with Gasteiger partial charge in [-0.2, -0.15) is 0 Å². The lowest BCUT2D eigenvalue weighted by molar-refractivity contribution is -0.135. The van der Waals surface area contributed by atoms with Crippen LogP contribution in [0, 0.1) is 5.92 Å². The van der Waals surface area contributed by atoms with Crippen LogP contribution in [0.4, 0.5) is 0 Å². The fourth-order valence-corrected chi connectivity index (χ4v) is 4.86. The van der Waals surface area contributed by atoms with Crippen LogP contribution in [0.5, 0.6) is 0 Å². The summed E-state index contributed by atoms with van der Waals surface area (Å²) in [5.41, 5.74) is 0.660. The number of hydrogen-bond acceptors (Lipinski definition) is 3. The van der Waals surface area contributed by atoms with Gasteiger partial charge >= 0.3 is 0 Å². The Balaban J connectivity index is 1.61. The second-order valence-electron chi connectivity index (χ2n) is 7.67. The Hall–Kier alpha value is -1.88. The number of amides is 2. The highest BCUT2D eigenvalue weighted by Gasteiger charge is 2.49. The third-order valence-corrected chi connectivity index (χ3v) is 6.10. The van der Waals surface area contributed by atoms with E-state index in [1.54, 1.807) is 4.90 Å². The van der Waals surface area contributed by atoms with E-state index in [1.165, 1.54) is 6.42 Å². The SMILES string of the molecule is O=C([C@@H]1C[C@H]2CCCC[C@H]2N1C(=O)c1ccccc1)N1CC[C@@H](O)C1. The third kappa shape index (κ3) is 3.06. The van der Waals surface area contributed by atoms with E-state index in [9.17, 15) is 14.7 Å². The van der Waals surface area contributed by atoms with Gasteiger partial charge in [0.05, 0.1) is 6.10 Å². The van der Waals surface area contributed by atoms with E-state index >= 15 is 0 Å². The highest BCUT2D eigenvalue weighted by Crippen LogP contribution is 2.41. The largest absolute Gasteiger partial charge is 0.391 e.